The van der Waals surface area contributed by atoms with Gasteiger partial charge in [0.05, 0.1) is 11.4 Å². The number of carbonyl (C=O) groups excluding carboxylic acids is 1. The van der Waals surface area contributed by atoms with E-state index in [0.717, 1.165) is 24.3 Å². The second-order valence-corrected chi connectivity index (χ2v) is 4.99. The number of fused-ring (bicyclic) bond motifs is 1. The number of anilines is 2. The first-order valence-corrected chi connectivity index (χ1v) is 6.83. The Balaban J connectivity index is 2.01. The molecule has 0 radical (unpaired) electrons. The van der Waals surface area contributed by atoms with Crippen LogP contribution in [-0.4, -0.2) is 29.2 Å². The summed E-state index contributed by atoms with van der Waals surface area (Å²) in [5.74, 6) is -0.489. The fraction of sp³-hybridized carbons (Fsp3) is 0.188. The molecular formula is C16H16N2O3. The molecule has 0 aromatic heterocycles. The molecule has 0 spiro atoms. The first-order valence-electron chi connectivity index (χ1n) is 6.83. The van der Waals surface area contributed by atoms with Crippen molar-refractivity contribution in [2.45, 2.75) is 6.42 Å². The smallest absolute Gasteiger partial charge is 0.258 e. The maximum absolute atomic E-state index is 12.7. The summed E-state index contributed by atoms with van der Waals surface area (Å²) in [5.41, 5.74) is 1.99. The largest absolute Gasteiger partial charge is 0.508 e. The minimum atomic E-state index is -0.239. The number of amides is 1. The average molecular weight is 284 g/mol. The van der Waals surface area contributed by atoms with Gasteiger partial charge < -0.3 is 20.4 Å². The summed E-state index contributed by atoms with van der Waals surface area (Å²) >= 11 is 0. The van der Waals surface area contributed by atoms with Crippen LogP contribution in [0.25, 0.3) is 0 Å². The number of rotatable bonds is 1. The van der Waals surface area contributed by atoms with Gasteiger partial charge in [0.1, 0.15) is 11.5 Å². The molecule has 1 aliphatic heterocycles. The van der Waals surface area contributed by atoms with Crippen molar-refractivity contribution in [3.63, 3.8) is 0 Å². The van der Waals surface area contributed by atoms with Crippen LogP contribution in [0.3, 0.4) is 0 Å². The van der Waals surface area contributed by atoms with E-state index in [1.165, 1.54) is 18.2 Å². The van der Waals surface area contributed by atoms with E-state index in [2.05, 4.69) is 5.32 Å². The Kier molecular flexibility index (Phi) is 3.39. The lowest BCUT2D eigenvalue weighted by Crippen LogP contribution is -2.31. The standard InChI is InChI=1S/C16H16N2O3/c19-12-8-11(9-13(20)10-12)16(21)18-7-3-6-17-14-4-1-2-5-15(14)18/h1-2,4-5,8-10,17,19-20H,3,6-7H2. The van der Waals surface area contributed by atoms with Crippen LogP contribution in [0, 0.1) is 0 Å². The molecule has 0 saturated carbocycles. The van der Waals surface area contributed by atoms with Gasteiger partial charge >= 0.3 is 0 Å². The lowest BCUT2D eigenvalue weighted by Gasteiger charge is -2.22. The number of nitrogens with zero attached hydrogens (tertiary/aromatic N) is 1. The number of para-hydroxylation sites is 2. The fourth-order valence-electron chi connectivity index (χ4n) is 2.52. The van der Waals surface area contributed by atoms with Gasteiger partial charge in [-0.25, -0.2) is 0 Å². The molecule has 1 heterocycles. The Morgan fingerprint density at radius 1 is 1.10 bits per heavy atom. The third-order valence-corrected chi connectivity index (χ3v) is 3.46. The minimum Gasteiger partial charge on any atom is -0.508 e. The average Bonchev–Trinajstić information content (AvgIpc) is 2.68. The molecule has 5 nitrogen and oxygen atoms in total. The first kappa shape index (κ1) is 13.3. The molecule has 1 amide bonds. The second kappa shape index (κ2) is 5.36. The summed E-state index contributed by atoms with van der Waals surface area (Å²) < 4.78 is 0. The highest BCUT2D eigenvalue weighted by atomic mass is 16.3. The number of hydrogen-bond donors (Lipinski definition) is 3. The van der Waals surface area contributed by atoms with Crippen LogP contribution in [0.2, 0.25) is 0 Å². The highest BCUT2D eigenvalue weighted by Gasteiger charge is 2.22. The molecule has 0 bridgehead atoms. The van der Waals surface area contributed by atoms with Gasteiger partial charge in [-0.1, -0.05) is 12.1 Å². The Labute approximate surface area is 122 Å². The zero-order valence-electron chi connectivity index (χ0n) is 11.4. The number of phenolic OH excluding ortho intramolecular Hbond substituents is 2. The van der Waals surface area contributed by atoms with Crippen LogP contribution < -0.4 is 10.2 Å². The topological polar surface area (TPSA) is 72.8 Å². The first-order chi connectivity index (χ1) is 10.1. The van der Waals surface area contributed by atoms with Gasteiger partial charge in [-0.15, -0.1) is 0 Å². The predicted molar refractivity (Wildman–Crippen MR) is 81.0 cm³/mol. The van der Waals surface area contributed by atoms with E-state index in [-0.39, 0.29) is 23.0 Å². The van der Waals surface area contributed by atoms with E-state index >= 15 is 0 Å². The normalized spacial score (nSPS) is 14.0. The van der Waals surface area contributed by atoms with Gasteiger partial charge in [-0.3, -0.25) is 4.79 Å². The lowest BCUT2D eigenvalue weighted by atomic mass is 10.1. The Bertz CT molecular complexity index is 665. The molecule has 0 fully saturated rings. The minimum absolute atomic E-state index is 0.125. The Hall–Kier alpha value is -2.69. The second-order valence-electron chi connectivity index (χ2n) is 4.99. The molecule has 2 aromatic carbocycles. The van der Waals surface area contributed by atoms with E-state index in [1.54, 1.807) is 4.90 Å². The van der Waals surface area contributed by atoms with E-state index in [4.69, 9.17) is 0 Å². The van der Waals surface area contributed by atoms with E-state index in [9.17, 15) is 15.0 Å². The SMILES string of the molecule is O=C(c1cc(O)cc(O)c1)N1CCCNc2ccccc21. The maximum atomic E-state index is 12.7. The van der Waals surface area contributed by atoms with Crippen LogP contribution in [0.1, 0.15) is 16.8 Å². The van der Waals surface area contributed by atoms with Crippen molar-refractivity contribution in [1.82, 2.24) is 0 Å². The summed E-state index contributed by atoms with van der Waals surface area (Å²) in [6, 6.07) is 11.5. The molecule has 5 heteroatoms. The zero-order chi connectivity index (χ0) is 14.8. The van der Waals surface area contributed by atoms with Gasteiger partial charge in [0.25, 0.3) is 5.91 Å². The monoisotopic (exact) mass is 284 g/mol. The zero-order valence-corrected chi connectivity index (χ0v) is 11.4. The van der Waals surface area contributed by atoms with Gasteiger partial charge in [0, 0.05) is 24.7 Å². The van der Waals surface area contributed by atoms with E-state index in [0.29, 0.717) is 6.54 Å². The Morgan fingerprint density at radius 2 is 1.81 bits per heavy atom. The highest BCUT2D eigenvalue weighted by Crippen LogP contribution is 2.30. The summed E-state index contributed by atoms with van der Waals surface area (Å²) in [7, 11) is 0. The Morgan fingerprint density at radius 3 is 2.57 bits per heavy atom. The summed E-state index contributed by atoms with van der Waals surface area (Å²) in [4.78, 5) is 14.4. The number of benzene rings is 2. The third kappa shape index (κ3) is 2.63. The van der Waals surface area contributed by atoms with Gasteiger partial charge in [0.15, 0.2) is 0 Å². The molecule has 0 aliphatic carbocycles. The molecule has 1 aliphatic rings. The van der Waals surface area contributed by atoms with E-state index in [1.807, 2.05) is 24.3 Å². The van der Waals surface area contributed by atoms with Crippen molar-refractivity contribution in [1.29, 1.82) is 0 Å². The van der Waals surface area contributed by atoms with Crippen LogP contribution in [0.4, 0.5) is 11.4 Å². The van der Waals surface area contributed by atoms with Gasteiger partial charge in [-0.05, 0) is 30.7 Å². The van der Waals surface area contributed by atoms with Crippen molar-refractivity contribution in [3.05, 3.63) is 48.0 Å². The summed E-state index contributed by atoms with van der Waals surface area (Å²) in [6.07, 6.45) is 0.825. The predicted octanol–water partition coefficient (Wildman–Crippen LogP) is 2.56. The highest BCUT2D eigenvalue weighted by molar-refractivity contribution is 6.08. The fourth-order valence-corrected chi connectivity index (χ4v) is 2.52. The quantitative estimate of drug-likeness (QED) is 0.752. The number of hydrogen-bond acceptors (Lipinski definition) is 4. The van der Waals surface area contributed by atoms with Crippen molar-refractivity contribution in [2.75, 3.05) is 23.3 Å². The van der Waals surface area contributed by atoms with Crippen molar-refractivity contribution < 1.29 is 15.0 Å². The maximum Gasteiger partial charge on any atom is 0.258 e. The number of carbonyl (C=O) groups is 1. The summed E-state index contributed by atoms with van der Waals surface area (Å²) in [6.45, 7) is 1.38. The molecule has 0 unspecified atom stereocenters. The van der Waals surface area contributed by atoms with Crippen LogP contribution >= 0.6 is 0 Å². The number of nitrogens with one attached hydrogen (secondary N) is 1. The molecule has 3 N–H and O–H groups in total. The molecule has 0 saturated heterocycles. The van der Waals surface area contributed by atoms with Crippen molar-refractivity contribution in [2.24, 2.45) is 0 Å². The van der Waals surface area contributed by atoms with Gasteiger partial charge in [0.2, 0.25) is 0 Å². The molecule has 108 valence electrons. The molecular weight excluding hydrogens is 268 g/mol. The van der Waals surface area contributed by atoms with E-state index < -0.39 is 0 Å². The third-order valence-electron chi connectivity index (χ3n) is 3.46. The molecule has 0 atom stereocenters. The van der Waals surface area contributed by atoms with Crippen molar-refractivity contribution in [3.8, 4) is 11.5 Å². The van der Waals surface area contributed by atoms with Crippen LogP contribution in [0.5, 0.6) is 11.5 Å². The number of phenols is 2. The van der Waals surface area contributed by atoms with Crippen LogP contribution in [-0.2, 0) is 0 Å². The molecule has 2 aromatic rings. The summed E-state index contributed by atoms with van der Waals surface area (Å²) in [5, 5.41) is 22.4. The molecule has 21 heavy (non-hydrogen) atoms. The lowest BCUT2D eigenvalue weighted by molar-refractivity contribution is 0.0986. The molecule has 3 rings (SSSR count). The van der Waals surface area contributed by atoms with Gasteiger partial charge in [-0.2, -0.15) is 0 Å². The number of aromatic hydroxyl groups is 2. The van der Waals surface area contributed by atoms with Crippen LogP contribution in [0.15, 0.2) is 42.5 Å². The van der Waals surface area contributed by atoms with Crippen molar-refractivity contribution >= 4 is 17.3 Å².